The lowest BCUT2D eigenvalue weighted by atomic mass is 10.2. The first kappa shape index (κ1) is 23.2. The van der Waals surface area contributed by atoms with Gasteiger partial charge in [0.25, 0.3) is 0 Å². The van der Waals surface area contributed by atoms with E-state index < -0.39 is 17.8 Å². The first-order valence-corrected chi connectivity index (χ1v) is 9.15. The van der Waals surface area contributed by atoms with Gasteiger partial charge in [-0.05, 0) is 43.3 Å². The molecule has 10 nitrogen and oxygen atoms in total. The van der Waals surface area contributed by atoms with Crippen molar-refractivity contribution in [2.45, 2.75) is 6.92 Å². The van der Waals surface area contributed by atoms with E-state index in [2.05, 4.69) is 15.8 Å². The van der Waals surface area contributed by atoms with E-state index >= 15 is 0 Å². The van der Waals surface area contributed by atoms with Crippen molar-refractivity contribution in [3.8, 4) is 17.2 Å². The predicted octanol–water partition coefficient (Wildman–Crippen LogP) is 1.98. The molecule has 2 aromatic rings. The van der Waals surface area contributed by atoms with Crippen molar-refractivity contribution < 1.29 is 33.3 Å². The molecule has 0 aliphatic rings. The molecule has 2 amide bonds. The lowest BCUT2D eigenvalue weighted by Crippen LogP contribution is -2.32. The number of anilines is 1. The Balaban J connectivity index is 2.00. The van der Waals surface area contributed by atoms with Crippen LogP contribution in [0.5, 0.6) is 17.2 Å². The van der Waals surface area contributed by atoms with E-state index in [1.54, 1.807) is 19.1 Å². The summed E-state index contributed by atoms with van der Waals surface area (Å²) in [6, 6.07) is 9.22. The fourth-order valence-electron chi connectivity index (χ4n) is 2.53. The van der Waals surface area contributed by atoms with Crippen LogP contribution in [0.1, 0.15) is 22.8 Å². The highest BCUT2D eigenvalue weighted by atomic mass is 16.5. The number of hydrogen-bond donors (Lipinski definition) is 2. The quantitative estimate of drug-likeness (QED) is 0.284. The second kappa shape index (κ2) is 11.2. The van der Waals surface area contributed by atoms with Crippen LogP contribution in [0.25, 0.3) is 0 Å². The summed E-state index contributed by atoms with van der Waals surface area (Å²) < 4.78 is 20.7. The van der Waals surface area contributed by atoms with Crippen LogP contribution in [0.3, 0.4) is 0 Å². The molecule has 0 bridgehead atoms. The Bertz CT molecular complexity index is 972. The zero-order chi connectivity index (χ0) is 22.8. The van der Waals surface area contributed by atoms with Gasteiger partial charge in [0.05, 0.1) is 39.7 Å². The van der Waals surface area contributed by atoms with Crippen molar-refractivity contribution >= 4 is 29.7 Å². The maximum atomic E-state index is 12.0. The largest absolute Gasteiger partial charge is 0.493 e. The van der Waals surface area contributed by atoms with Gasteiger partial charge in [0, 0.05) is 11.3 Å². The molecule has 2 N–H and O–H groups in total. The Morgan fingerprint density at radius 2 is 1.58 bits per heavy atom. The molecule has 31 heavy (non-hydrogen) atoms. The van der Waals surface area contributed by atoms with E-state index in [0.717, 1.165) is 0 Å². The number of hydrazone groups is 1. The average molecular weight is 429 g/mol. The summed E-state index contributed by atoms with van der Waals surface area (Å²) in [5.74, 6) is -1.20. The smallest absolute Gasteiger partial charge is 0.338 e. The molecule has 0 aromatic heterocycles. The normalized spacial score (nSPS) is 10.3. The third-order valence-corrected chi connectivity index (χ3v) is 3.96. The Labute approximate surface area is 179 Å². The second-order valence-corrected chi connectivity index (χ2v) is 5.87. The minimum absolute atomic E-state index is 0.257. The summed E-state index contributed by atoms with van der Waals surface area (Å²) in [6.07, 6.45) is 1.31. The zero-order valence-electron chi connectivity index (χ0n) is 17.6. The number of esters is 1. The van der Waals surface area contributed by atoms with E-state index in [1.807, 2.05) is 0 Å². The van der Waals surface area contributed by atoms with Gasteiger partial charge in [0.2, 0.25) is 5.75 Å². The van der Waals surface area contributed by atoms with Crippen LogP contribution in [0, 0.1) is 0 Å². The number of hydrogen-bond acceptors (Lipinski definition) is 8. The van der Waals surface area contributed by atoms with Crippen molar-refractivity contribution in [2.24, 2.45) is 5.10 Å². The van der Waals surface area contributed by atoms with Crippen molar-refractivity contribution in [1.29, 1.82) is 0 Å². The number of amides is 2. The van der Waals surface area contributed by atoms with Crippen molar-refractivity contribution in [2.75, 3.05) is 33.3 Å². The average Bonchev–Trinajstić information content (AvgIpc) is 2.78. The Kier molecular flexibility index (Phi) is 8.38. The molecule has 0 fully saturated rings. The summed E-state index contributed by atoms with van der Waals surface area (Å²) in [7, 11) is 4.41. The highest BCUT2D eigenvalue weighted by molar-refractivity contribution is 6.39. The maximum Gasteiger partial charge on any atom is 0.338 e. The zero-order valence-corrected chi connectivity index (χ0v) is 17.6. The molecule has 0 spiro atoms. The predicted molar refractivity (Wildman–Crippen MR) is 113 cm³/mol. The van der Waals surface area contributed by atoms with E-state index in [4.69, 9.17) is 18.9 Å². The Hall–Kier alpha value is -4.08. The SMILES string of the molecule is CCOC(=O)c1ccc(NC(=O)C(=O)N/N=C/c2ccc(OC)c(OC)c2OC)cc1. The number of nitrogens with zero attached hydrogens (tertiary/aromatic N) is 1. The maximum absolute atomic E-state index is 12.0. The Morgan fingerprint density at radius 3 is 2.16 bits per heavy atom. The molecule has 0 heterocycles. The van der Waals surface area contributed by atoms with Gasteiger partial charge < -0.3 is 24.3 Å². The van der Waals surface area contributed by atoms with Gasteiger partial charge in [-0.2, -0.15) is 5.10 Å². The van der Waals surface area contributed by atoms with Crippen LogP contribution in [0.4, 0.5) is 5.69 Å². The first-order valence-electron chi connectivity index (χ1n) is 9.15. The molecular formula is C21H23N3O7. The van der Waals surface area contributed by atoms with Crippen molar-refractivity contribution in [1.82, 2.24) is 5.43 Å². The minimum Gasteiger partial charge on any atom is -0.493 e. The highest BCUT2D eigenvalue weighted by Gasteiger charge is 2.16. The summed E-state index contributed by atoms with van der Waals surface area (Å²) in [6.45, 7) is 1.96. The van der Waals surface area contributed by atoms with Gasteiger partial charge in [-0.25, -0.2) is 10.2 Å². The summed E-state index contributed by atoms with van der Waals surface area (Å²) in [5, 5.41) is 6.18. The van der Waals surface area contributed by atoms with Crippen LogP contribution >= 0.6 is 0 Å². The van der Waals surface area contributed by atoms with Gasteiger partial charge in [-0.15, -0.1) is 0 Å². The van der Waals surface area contributed by atoms with Gasteiger partial charge >= 0.3 is 17.8 Å². The molecule has 0 radical (unpaired) electrons. The molecule has 0 aliphatic heterocycles. The molecule has 2 rings (SSSR count). The number of carbonyl (C=O) groups is 3. The second-order valence-electron chi connectivity index (χ2n) is 5.87. The fraction of sp³-hybridized carbons (Fsp3) is 0.238. The number of carbonyl (C=O) groups excluding carboxylic acids is 3. The number of nitrogens with one attached hydrogen (secondary N) is 2. The van der Waals surface area contributed by atoms with Crippen LogP contribution < -0.4 is 25.0 Å². The van der Waals surface area contributed by atoms with Crippen LogP contribution in [-0.2, 0) is 14.3 Å². The lowest BCUT2D eigenvalue weighted by Gasteiger charge is -2.13. The topological polar surface area (TPSA) is 125 Å². The minimum atomic E-state index is -0.981. The molecule has 0 atom stereocenters. The van der Waals surface area contributed by atoms with Crippen molar-refractivity contribution in [3.63, 3.8) is 0 Å². The number of rotatable bonds is 8. The number of ether oxygens (including phenoxy) is 4. The van der Waals surface area contributed by atoms with Gasteiger partial charge in [-0.3, -0.25) is 9.59 Å². The molecule has 10 heteroatoms. The van der Waals surface area contributed by atoms with Crippen LogP contribution in [0.2, 0.25) is 0 Å². The van der Waals surface area contributed by atoms with E-state index in [0.29, 0.717) is 34.1 Å². The van der Waals surface area contributed by atoms with E-state index in [-0.39, 0.29) is 6.61 Å². The standard InChI is InChI=1S/C21H23N3O7/c1-5-31-21(27)13-6-9-15(10-7-13)23-19(25)20(26)24-22-12-14-8-11-16(28-2)18(30-4)17(14)29-3/h6-12H,5H2,1-4H3,(H,23,25)(H,24,26)/b22-12+. The molecule has 0 unspecified atom stereocenters. The monoisotopic (exact) mass is 429 g/mol. The molecule has 0 saturated carbocycles. The van der Waals surface area contributed by atoms with Gasteiger partial charge in [-0.1, -0.05) is 0 Å². The molecular weight excluding hydrogens is 406 g/mol. The summed E-state index contributed by atoms with van der Waals surface area (Å²) in [4.78, 5) is 35.7. The van der Waals surface area contributed by atoms with Crippen molar-refractivity contribution in [3.05, 3.63) is 47.5 Å². The van der Waals surface area contributed by atoms with Gasteiger partial charge in [0.1, 0.15) is 0 Å². The highest BCUT2D eigenvalue weighted by Crippen LogP contribution is 2.38. The number of methoxy groups -OCH3 is 3. The fourth-order valence-corrected chi connectivity index (χ4v) is 2.53. The van der Waals surface area contributed by atoms with E-state index in [9.17, 15) is 14.4 Å². The molecule has 2 aromatic carbocycles. The number of benzene rings is 2. The van der Waals surface area contributed by atoms with E-state index in [1.165, 1.54) is 51.8 Å². The molecule has 0 aliphatic carbocycles. The third-order valence-electron chi connectivity index (χ3n) is 3.96. The first-order chi connectivity index (χ1) is 14.9. The lowest BCUT2D eigenvalue weighted by molar-refractivity contribution is -0.136. The summed E-state index contributed by atoms with van der Waals surface area (Å²) in [5.41, 5.74) is 3.29. The molecule has 0 saturated heterocycles. The molecule has 164 valence electrons. The summed E-state index contributed by atoms with van der Waals surface area (Å²) >= 11 is 0. The van der Waals surface area contributed by atoms with Crippen LogP contribution in [0.15, 0.2) is 41.5 Å². The van der Waals surface area contributed by atoms with Crippen LogP contribution in [-0.4, -0.2) is 51.9 Å². The Morgan fingerprint density at radius 1 is 0.903 bits per heavy atom. The third kappa shape index (κ3) is 5.95. The van der Waals surface area contributed by atoms with Gasteiger partial charge in [0.15, 0.2) is 11.5 Å².